The van der Waals surface area contributed by atoms with Crippen LogP contribution in [0.25, 0.3) is 0 Å². The van der Waals surface area contributed by atoms with Gasteiger partial charge in [0.15, 0.2) is 0 Å². The van der Waals surface area contributed by atoms with E-state index in [0.717, 1.165) is 3.57 Å². The van der Waals surface area contributed by atoms with Gasteiger partial charge in [-0.15, -0.1) is 4.91 Å². The smallest absolute Gasteiger partial charge is 0.124 e. The van der Waals surface area contributed by atoms with Crippen LogP contribution in [0.4, 0.5) is 5.69 Å². The first-order chi connectivity index (χ1) is 4.74. The maximum atomic E-state index is 10.0. The molecule has 1 rings (SSSR count). The molecule has 0 spiro atoms. The van der Waals surface area contributed by atoms with E-state index in [0.29, 0.717) is 0 Å². The first kappa shape index (κ1) is 7.46. The Balaban J connectivity index is 3.21. The van der Waals surface area contributed by atoms with E-state index in [4.69, 9.17) is 5.11 Å². The van der Waals surface area contributed by atoms with E-state index in [1.807, 2.05) is 22.6 Å². The molecule has 0 aliphatic carbocycles. The number of rotatable bonds is 1. The van der Waals surface area contributed by atoms with E-state index >= 15 is 0 Å². The van der Waals surface area contributed by atoms with Gasteiger partial charge in [0.1, 0.15) is 11.4 Å². The van der Waals surface area contributed by atoms with Gasteiger partial charge in [-0.2, -0.15) is 0 Å². The molecule has 0 unspecified atom stereocenters. The average molecular weight is 249 g/mol. The first-order valence-corrected chi connectivity index (χ1v) is 3.64. The predicted octanol–water partition coefficient (Wildman–Crippen LogP) is 2.39. The first-order valence-electron chi connectivity index (χ1n) is 2.56. The van der Waals surface area contributed by atoms with Crippen molar-refractivity contribution in [3.05, 3.63) is 26.7 Å². The summed E-state index contributed by atoms with van der Waals surface area (Å²) in [6.07, 6.45) is 0. The Morgan fingerprint density at radius 3 is 2.70 bits per heavy atom. The van der Waals surface area contributed by atoms with Gasteiger partial charge in [0.2, 0.25) is 0 Å². The fourth-order valence-electron chi connectivity index (χ4n) is 0.571. The van der Waals surface area contributed by atoms with Gasteiger partial charge in [0.25, 0.3) is 0 Å². The van der Waals surface area contributed by atoms with Crippen molar-refractivity contribution in [3.63, 3.8) is 0 Å². The number of hydrogen-bond acceptors (Lipinski definition) is 3. The highest BCUT2D eigenvalue weighted by molar-refractivity contribution is 14.1. The Bertz CT molecular complexity index is 262. The molecule has 0 aliphatic heterocycles. The zero-order chi connectivity index (χ0) is 7.56. The van der Waals surface area contributed by atoms with Crippen LogP contribution in [0.2, 0.25) is 0 Å². The van der Waals surface area contributed by atoms with Crippen molar-refractivity contribution >= 4 is 28.3 Å². The molecule has 0 atom stereocenters. The van der Waals surface area contributed by atoms with E-state index in [1.54, 1.807) is 6.07 Å². The summed E-state index contributed by atoms with van der Waals surface area (Å²) in [5, 5.41) is 11.6. The van der Waals surface area contributed by atoms with Crippen LogP contribution in [0.3, 0.4) is 0 Å². The van der Waals surface area contributed by atoms with E-state index in [2.05, 4.69) is 5.18 Å². The van der Waals surface area contributed by atoms with Crippen LogP contribution >= 0.6 is 22.6 Å². The molecule has 0 saturated heterocycles. The SMILES string of the molecule is O=Nc1cc(O)ccc1I. The van der Waals surface area contributed by atoms with Crippen LogP contribution in [0.15, 0.2) is 23.4 Å². The van der Waals surface area contributed by atoms with Gasteiger partial charge in [-0.3, -0.25) is 0 Å². The second kappa shape index (κ2) is 2.96. The van der Waals surface area contributed by atoms with Gasteiger partial charge < -0.3 is 5.11 Å². The highest BCUT2D eigenvalue weighted by Gasteiger charge is 1.98. The van der Waals surface area contributed by atoms with Gasteiger partial charge in [-0.1, -0.05) is 0 Å². The van der Waals surface area contributed by atoms with Crippen molar-refractivity contribution in [2.45, 2.75) is 0 Å². The lowest BCUT2D eigenvalue weighted by atomic mass is 10.3. The molecule has 1 aromatic carbocycles. The Kier molecular flexibility index (Phi) is 2.21. The standard InChI is InChI=1S/C6H4INO2/c7-5-2-1-4(9)3-6(5)8-10/h1-3,9H. The number of halogens is 1. The third-order valence-corrected chi connectivity index (χ3v) is 1.94. The van der Waals surface area contributed by atoms with E-state index in [1.165, 1.54) is 12.1 Å². The minimum atomic E-state index is 0.0648. The van der Waals surface area contributed by atoms with Crippen LogP contribution in [-0.4, -0.2) is 5.11 Å². The van der Waals surface area contributed by atoms with Crippen LogP contribution in [0.5, 0.6) is 5.75 Å². The van der Waals surface area contributed by atoms with Crippen molar-refractivity contribution in [2.24, 2.45) is 5.18 Å². The van der Waals surface area contributed by atoms with Gasteiger partial charge in [-0.25, -0.2) is 0 Å². The molecule has 0 saturated carbocycles. The number of phenols is 1. The fraction of sp³-hybridized carbons (Fsp3) is 0. The van der Waals surface area contributed by atoms with Crippen molar-refractivity contribution in [2.75, 3.05) is 0 Å². The highest BCUT2D eigenvalue weighted by Crippen LogP contribution is 2.24. The van der Waals surface area contributed by atoms with E-state index in [-0.39, 0.29) is 11.4 Å². The Morgan fingerprint density at radius 2 is 2.20 bits per heavy atom. The topological polar surface area (TPSA) is 49.7 Å². The van der Waals surface area contributed by atoms with Gasteiger partial charge >= 0.3 is 0 Å². The number of benzene rings is 1. The van der Waals surface area contributed by atoms with Crippen molar-refractivity contribution in [3.8, 4) is 5.75 Å². The van der Waals surface area contributed by atoms with Gasteiger partial charge in [0.05, 0.1) is 0 Å². The molecule has 0 fully saturated rings. The minimum absolute atomic E-state index is 0.0648. The lowest BCUT2D eigenvalue weighted by Gasteiger charge is -1.93. The number of aromatic hydroxyl groups is 1. The van der Waals surface area contributed by atoms with Crippen LogP contribution in [-0.2, 0) is 0 Å². The normalized spacial score (nSPS) is 9.30. The number of hydrogen-bond donors (Lipinski definition) is 1. The third kappa shape index (κ3) is 1.44. The molecular formula is C6H4INO2. The summed E-state index contributed by atoms with van der Waals surface area (Å²) in [6.45, 7) is 0. The summed E-state index contributed by atoms with van der Waals surface area (Å²) in [4.78, 5) is 10.0. The largest absolute Gasteiger partial charge is 0.508 e. The molecule has 1 aromatic rings. The summed E-state index contributed by atoms with van der Waals surface area (Å²) in [6, 6.07) is 4.47. The molecule has 4 heteroatoms. The summed E-state index contributed by atoms with van der Waals surface area (Å²) in [7, 11) is 0. The quantitative estimate of drug-likeness (QED) is 0.613. The van der Waals surface area contributed by atoms with Gasteiger partial charge in [-0.05, 0) is 39.9 Å². The average Bonchev–Trinajstić information content (AvgIpc) is 1.94. The molecule has 3 nitrogen and oxygen atoms in total. The predicted molar refractivity (Wildman–Crippen MR) is 46.3 cm³/mol. The molecule has 52 valence electrons. The highest BCUT2D eigenvalue weighted by atomic mass is 127. The summed E-state index contributed by atoms with van der Waals surface area (Å²) >= 11 is 1.97. The van der Waals surface area contributed by atoms with Crippen LogP contribution in [0, 0.1) is 8.48 Å². The molecule has 0 bridgehead atoms. The fourth-order valence-corrected chi connectivity index (χ4v) is 1.00. The molecule has 0 radical (unpaired) electrons. The second-order valence-corrected chi connectivity index (χ2v) is 2.89. The number of phenolic OH excluding ortho intramolecular Hbond substituents is 1. The Labute approximate surface area is 71.2 Å². The Hall–Kier alpha value is -0.650. The zero-order valence-corrected chi connectivity index (χ0v) is 7.07. The molecule has 10 heavy (non-hydrogen) atoms. The lowest BCUT2D eigenvalue weighted by molar-refractivity contribution is 0.475. The van der Waals surface area contributed by atoms with Crippen LogP contribution in [0.1, 0.15) is 0 Å². The minimum Gasteiger partial charge on any atom is -0.508 e. The van der Waals surface area contributed by atoms with Crippen molar-refractivity contribution in [1.82, 2.24) is 0 Å². The second-order valence-electron chi connectivity index (χ2n) is 1.73. The molecule has 0 amide bonds. The molecule has 0 heterocycles. The molecule has 0 aromatic heterocycles. The molecular weight excluding hydrogens is 245 g/mol. The van der Waals surface area contributed by atoms with E-state index in [9.17, 15) is 4.91 Å². The summed E-state index contributed by atoms with van der Waals surface area (Å²) < 4.78 is 0.741. The molecule has 0 aliphatic rings. The summed E-state index contributed by atoms with van der Waals surface area (Å²) in [5.41, 5.74) is 0.278. The number of nitroso groups, excluding NO2 is 1. The maximum absolute atomic E-state index is 10.0. The monoisotopic (exact) mass is 249 g/mol. The third-order valence-electron chi connectivity index (χ3n) is 1.03. The lowest BCUT2D eigenvalue weighted by Crippen LogP contribution is -1.70. The van der Waals surface area contributed by atoms with Crippen molar-refractivity contribution < 1.29 is 5.11 Å². The van der Waals surface area contributed by atoms with E-state index < -0.39 is 0 Å². The van der Waals surface area contributed by atoms with Crippen molar-refractivity contribution in [1.29, 1.82) is 0 Å². The zero-order valence-electron chi connectivity index (χ0n) is 4.91. The molecule has 1 N–H and O–H groups in total. The van der Waals surface area contributed by atoms with Crippen LogP contribution < -0.4 is 0 Å². The summed E-state index contributed by atoms with van der Waals surface area (Å²) in [5.74, 6) is 0.0648. The maximum Gasteiger partial charge on any atom is 0.124 e. The Morgan fingerprint density at radius 1 is 1.50 bits per heavy atom. The number of nitrogens with zero attached hydrogens (tertiary/aromatic N) is 1. The van der Waals surface area contributed by atoms with Gasteiger partial charge in [0, 0.05) is 9.64 Å².